The Hall–Kier alpha value is -1.56. The Kier molecular flexibility index (Phi) is 6.87. The highest BCUT2D eigenvalue weighted by Gasteiger charge is 2.43. The van der Waals surface area contributed by atoms with E-state index in [0.29, 0.717) is 17.9 Å². The lowest BCUT2D eigenvalue weighted by Crippen LogP contribution is -2.43. The minimum absolute atomic E-state index is 0.0174. The van der Waals surface area contributed by atoms with Gasteiger partial charge in [0.05, 0.1) is 0 Å². The third-order valence-electron chi connectivity index (χ3n) is 4.59. The Balaban J connectivity index is 2.25. The third kappa shape index (κ3) is 5.73. The number of rotatable bonds is 6. The lowest BCUT2D eigenvalue weighted by molar-refractivity contribution is -0.170. The standard InChI is InChI=1S/C18H21ClF3NO2/c19-16(24)12-14-8-4-5-9-15(14)23(17(25)18(20,21)22)11-10-13-6-2-1-3-7-13/h4-5,8-9,13H,1-3,6-7,10-12H2. The van der Waals surface area contributed by atoms with E-state index in [9.17, 15) is 22.8 Å². The summed E-state index contributed by atoms with van der Waals surface area (Å²) in [7, 11) is 0. The summed E-state index contributed by atoms with van der Waals surface area (Å²) in [5.74, 6) is -1.57. The lowest BCUT2D eigenvalue weighted by atomic mass is 9.87. The first-order valence-corrected chi connectivity index (χ1v) is 8.81. The zero-order valence-electron chi connectivity index (χ0n) is 13.8. The van der Waals surface area contributed by atoms with Crippen molar-refractivity contribution in [3.05, 3.63) is 29.8 Å². The number of halogens is 4. The first kappa shape index (κ1) is 19.8. The number of benzene rings is 1. The number of alkyl halides is 3. The molecule has 0 radical (unpaired) electrons. The minimum atomic E-state index is -4.97. The summed E-state index contributed by atoms with van der Waals surface area (Å²) in [6.07, 6.45) is 0.608. The summed E-state index contributed by atoms with van der Waals surface area (Å²) in [6, 6.07) is 6.11. The van der Waals surface area contributed by atoms with Crippen LogP contribution in [0.1, 0.15) is 44.1 Å². The first-order chi connectivity index (χ1) is 11.8. The van der Waals surface area contributed by atoms with Crippen LogP contribution in [0.5, 0.6) is 0 Å². The Morgan fingerprint density at radius 1 is 1.12 bits per heavy atom. The fraction of sp³-hybridized carbons (Fsp3) is 0.556. The van der Waals surface area contributed by atoms with Crippen LogP contribution in [0.25, 0.3) is 0 Å². The van der Waals surface area contributed by atoms with E-state index in [1.165, 1.54) is 12.1 Å². The number of hydrogen-bond donors (Lipinski definition) is 0. The second-order valence-electron chi connectivity index (χ2n) is 6.41. The molecule has 1 aliphatic rings. The zero-order chi connectivity index (χ0) is 18.4. The molecule has 0 saturated heterocycles. The van der Waals surface area contributed by atoms with Gasteiger partial charge < -0.3 is 4.90 Å². The Bertz CT molecular complexity index is 613. The highest BCUT2D eigenvalue weighted by Crippen LogP contribution is 2.31. The minimum Gasteiger partial charge on any atom is -0.304 e. The average molecular weight is 376 g/mol. The molecule has 0 heterocycles. The molecule has 0 spiro atoms. The number of hydrogen-bond acceptors (Lipinski definition) is 2. The smallest absolute Gasteiger partial charge is 0.304 e. The summed E-state index contributed by atoms with van der Waals surface area (Å²) >= 11 is 5.39. The molecule has 7 heteroatoms. The van der Waals surface area contributed by atoms with E-state index in [1.807, 2.05) is 0 Å². The molecule has 0 aromatic heterocycles. The maximum atomic E-state index is 13.1. The van der Waals surface area contributed by atoms with Crippen LogP contribution in [0.15, 0.2) is 24.3 Å². The largest absolute Gasteiger partial charge is 0.471 e. The van der Waals surface area contributed by atoms with Crippen molar-refractivity contribution < 1.29 is 22.8 Å². The highest BCUT2D eigenvalue weighted by atomic mass is 35.5. The van der Waals surface area contributed by atoms with E-state index in [-0.39, 0.29) is 18.7 Å². The van der Waals surface area contributed by atoms with Crippen molar-refractivity contribution in [2.75, 3.05) is 11.4 Å². The van der Waals surface area contributed by atoms with Crippen molar-refractivity contribution >= 4 is 28.4 Å². The molecular weight excluding hydrogens is 355 g/mol. The van der Waals surface area contributed by atoms with Gasteiger partial charge in [0.25, 0.3) is 0 Å². The first-order valence-electron chi connectivity index (χ1n) is 8.44. The fourth-order valence-corrected chi connectivity index (χ4v) is 3.49. The molecule has 1 saturated carbocycles. The van der Waals surface area contributed by atoms with Crippen molar-refractivity contribution in [2.45, 2.75) is 51.1 Å². The van der Waals surface area contributed by atoms with Gasteiger partial charge in [0.1, 0.15) is 0 Å². The monoisotopic (exact) mass is 375 g/mol. The van der Waals surface area contributed by atoms with Crippen molar-refractivity contribution in [3.63, 3.8) is 0 Å². The second kappa shape index (κ2) is 8.70. The lowest BCUT2D eigenvalue weighted by Gasteiger charge is -2.29. The predicted molar refractivity (Wildman–Crippen MR) is 90.6 cm³/mol. The van der Waals surface area contributed by atoms with Gasteiger partial charge >= 0.3 is 12.1 Å². The molecule has 1 aliphatic carbocycles. The third-order valence-corrected chi connectivity index (χ3v) is 4.72. The maximum Gasteiger partial charge on any atom is 0.471 e. The topological polar surface area (TPSA) is 37.4 Å². The molecule has 138 valence electrons. The molecule has 0 atom stereocenters. The molecule has 25 heavy (non-hydrogen) atoms. The van der Waals surface area contributed by atoms with E-state index in [2.05, 4.69) is 0 Å². The van der Waals surface area contributed by atoms with Crippen LogP contribution < -0.4 is 4.90 Å². The molecule has 0 unspecified atom stereocenters. The quantitative estimate of drug-likeness (QED) is 0.666. The van der Waals surface area contributed by atoms with Crippen LogP contribution in [0.3, 0.4) is 0 Å². The number of carbonyl (C=O) groups is 2. The van der Waals surface area contributed by atoms with Crippen LogP contribution in [-0.2, 0) is 16.0 Å². The van der Waals surface area contributed by atoms with E-state index in [1.54, 1.807) is 12.1 Å². The van der Waals surface area contributed by atoms with Crippen LogP contribution >= 0.6 is 11.6 Å². The number of carbonyl (C=O) groups excluding carboxylic acids is 2. The molecule has 0 N–H and O–H groups in total. The van der Waals surface area contributed by atoms with Crippen molar-refractivity contribution in [1.29, 1.82) is 0 Å². The summed E-state index contributed by atoms with van der Waals surface area (Å²) in [5.41, 5.74) is 0.429. The molecular formula is C18H21ClF3NO2. The summed E-state index contributed by atoms with van der Waals surface area (Å²) < 4.78 is 39.2. The Morgan fingerprint density at radius 3 is 2.36 bits per heavy atom. The fourth-order valence-electron chi connectivity index (χ4n) is 3.35. The molecule has 1 fully saturated rings. The van der Waals surface area contributed by atoms with E-state index in [4.69, 9.17) is 11.6 Å². The van der Waals surface area contributed by atoms with Gasteiger partial charge in [-0.3, -0.25) is 9.59 Å². The van der Waals surface area contributed by atoms with Gasteiger partial charge in [-0.15, -0.1) is 0 Å². The van der Waals surface area contributed by atoms with Gasteiger partial charge in [-0.2, -0.15) is 13.2 Å². The van der Waals surface area contributed by atoms with Gasteiger partial charge in [-0.25, -0.2) is 0 Å². The van der Waals surface area contributed by atoms with Crippen LogP contribution in [0.2, 0.25) is 0 Å². The summed E-state index contributed by atoms with van der Waals surface area (Å²) in [5, 5.41) is -0.681. The number of anilines is 1. The van der Waals surface area contributed by atoms with E-state index < -0.39 is 17.3 Å². The van der Waals surface area contributed by atoms with E-state index >= 15 is 0 Å². The number of amides is 1. The molecule has 1 aromatic rings. The summed E-state index contributed by atoms with van der Waals surface area (Å²) in [6.45, 7) is -0.0174. The second-order valence-corrected chi connectivity index (χ2v) is 6.83. The average Bonchev–Trinajstić information content (AvgIpc) is 2.56. The molecule has 1 amide bonds. The van der Waals surface area contributed by atoms with Crippen molar-refractivity contribution in [1.82, 2.24) is 0 Å². The van der Waals surface area contributed by atoms with Crippen LogP contribution in [-0.4, -0.2) is 23.9 Å². The number of para-hydroxylation sites is 1. The van der Waals surface area contributed by atoms with Crippen LogP contribution in [0, 0.1) is 5.92 Å². The van der Waals surface area contributed by atoms with Gasteiger partial charge in [0, 0.05) is 18.7 Å². The molecule has 2 rings (SSSR count). The molecule has 0 bridgehead atoms. The highest BCUT2D eigenvalue weighted by molar-refractivity contribution is 6.63. The van der Waals surface area contributed by atoms with Gasteiger partial charge in [-0.1, -0.05) is 50.3 Å². The van der Waals surface area contributed by atoms with E-state index in [0.717, 1.165) is 37.0 Å². The molecule has 3 nitrogen and oxygen atoms in total. The van der Waals surface area contributed by atoms with Crippen molar-refractivity contribution in [2.24, 2.45) is 5.92 Å². The predicted octanol–water partition coefficient (Wildman–Crippen LogP) is 4.86. The molecule has 1 aromatic carbocycles. The Labute approximate surface area is 150 Å². The number of nitrogens with zero attached hydrogens (tertiary/aromatic N) is 1. The Morgan fingerprint density at radius 2 is 1.76 bits per heavy atom. The van der Waals surface area contributed by atoms with Crippen molar-refractivity contribution in [3.8, 4) is 0 Å². The normalized spacial score (nSPS) is 15.8. The SMILES string of the molecule is O=C(Cl)Cc1ccccc1N(CCC1CCCCC1)C(=O)C(F)(F)F. The van der Waals surface area contributed by atoms with Crippen LogP contribution in [0.4, 0.5) is 18.9 Å². The molecule has 0 aliphatic heterocycles. The zero-order valence-corrected chi connectivity index (χ0v) is 14.6. The van der Waals surface area contributed by atoms with Gasteiger partial charge in [0.2, 0.25) is 5.24 Å². The summed E-state index contributed by atoms with van der Waals surface area (Å²) in [4.78, 5) is 23.9. The maximum absolute atomic E-state index is 13.1. The van der Waals surface area contributed by atoms with Gasteiger partial charge in [0.15, 0.2) is 0 Å². The van der Waals surface area contributed by atoms with Gasteiger partial charge in [-0.05, 0) is 35.6 Å².